The number of carbonyl (C=O) groups excluding carboxylic acids is 1. The minimum atomic E-state index is -0.217. The Labute approximate surface area is 163 Å². The summed E-state index contributed by atoms with van der Waals surface area (Å²) in [5, 5.41) is 1.37. The summed E-state index contributed by atoms with van der Waals surface area (Å²) in [5.74, 6) is 1.75. The first kappa shape index (κ1) is 16.3. The SMILES string of the molecule is O=C1CSC(c2ccco2)N1Nc1ncnc2cc(-c3ccccc3)sc12. The van der Waals surface area contributed by atoms with Crippen molar-refractivity contribution >= 4 is 45.0 Å². The van der Waals surface area contributed by atoms with E-state index >= 15 is 0 Å². The molecule has 1 unspecified atom stereocenters. The molecule has 27 heavy (non-hydrogen) atoms. The maximum Gasteiger partial charge on any atom is 0.252 e. The number of nitrogens with zero attached hydrogens (tertiary/aromatic N) is 3. The summed E-state index contributed by atoms with van der Waals surface area (Å²) in [6, 6.07) is 15.9. The summed E-state index contributed by atoms with van der Waals surface area (Å²) < 4.78 is 6.41. The molecule has 1 aliphatic heterocycles. The summed E-state index contributed by atoms with van der Waals surface area (Å²) >= 11 is 3.13. The van der Waals surface area contributed by atoms with Crippen LogP contribution < -0.4 is 5.43 Å². The van der Waals surface area contributed by atoms with Crippen LogP contribution in [0, 0.1) is 0 Å². The summed E-state index contributed by atoms with van der Waals surface area (Å²) in [6.07, 6.45) is 3.13. The number of nitrogens with one attached hydrogen (secondary N) is 1. The Morgan fingerprint density at radius 3 is 2.85 bits per heavy atom. The van der Waals surface area contributed by atoms with Gasteiger partial charge in [-0.3, -0.25) is 10.2 Å². The van der Waals surface area contributed by atoms with Crippen LogP contribution in [0.25, 0.3) is 20.7 Å². The second kappa shape index (κ2) is 6.71. The van der Waals surface area contributed by atoms with Gasteiger partial charge in [0.1, 0.15) is 12.1 Å². The molecule has 4 aromatic rings. The number of anilines is 1. The van der Waals surface area contributed by atoms with E-state index < -0.39 is 0 Å². The number of hydrazine groups is 1. The van der Waals surface area contributed by atoms with Crippen LogP contribution in [0.4, 0.5) is 5.82 Å². The lowest BCUT2D eigenvalue weighted by molar-refractivity contribution is -0.126. The van der Waals surface area contributed by atoms with Crippen LogP contribution in [0.2, 0.25) is 0 Å². The van der Waals surface area contributed by atoms with Gasteiger partial charge in [0.2, 0.25) is 0 Å². The number of aromatic nitrogens is 2. The lowest BCUT2D eigenvalue weighted by Crippen LogP contribution is -2.34. The van der Waals surface area contributed by atoms with E-state index in [4.69, 9.17) is 4.42 Å². The van der Waals surface area contributed by atoms with E-state index in [0.717, 1.165) is 26.4 Å². The van der Waals surface area contributed by atoms with Crippen LogP contribution in [0.1, 0.15) is 11.1 Å². The molecule has 0 spiro atoms. The largest absolute Gasteiger partial charge is 0.466 e. The lowest BCUT2D eigenvalue weighted by Gasteiger charge is -2.23. The molecule has 6 nitrogen and oxygen atoms in total. The first-order valence-electron chi connectivity index (χ1n) is 8.33. The van der Waals surface area contributed by atoms with E-state index in [0.29, 0.717) is 11.6 Å². The molecule has 1 saturated heterocycles. The normalized spacial score (nSPS) is 17.0. The predicted octanol–water partition coefficient (Wildman–Crippen LogP) is 4.55. The quantitative estimate of drug-likeness (QED) is 0.547. The van der Waals surface area contributed by atoms with Gasteiger partial charge in [0, 0.05) is 4.88 Å². The van der Waals surface area contributed by atoms with Crippen LogP contribution in [0.3, 0.4) is 0 Å². The number of hydrogen-bond acceptors (Lipinski definition) is 7. The maximum absolute atomic E-state index is 12.4. The van der Waals surface area contributed by atoms with Gasteiger partial charge in [0.05, 0.1) is 22.2 Å². The average molecular weight is 394 g/mol. The lowest BCUT2D eigenvalue weighted by atomic mass is 10.2. The van der Waals surface area contributed by atoms with Crippen molar-refractivity contribution in [2.45, 2.75) is 5.37 Å². The van der Waals surface area contributed by atoms with Crippen molar-refractivity contribution in [2.75, 3.05) is 11.2 Å². The standard InChI is InChI=1S/C19H14N4O2S2/c24-16-10-26-19(14-7-4-8-25-14)23(16)22-18-17-13(20-11-21-18)9-15(27-17)12-5-2-1-3-6-12/h1-9,11,19H,10H2,(H,20,21,22). The van der Waals surface area contributed by atoms with E-state index in [9.17, 15) is 4.79 Å². The molecule has 1 fully saturated rings. The molecule has 134 valence electrons. The van der Waals surface area contributed by atoms with Crippen LogP contribution in [-0.2, 0) is 4.79 Å². The van der Waals surface area contributed by atoms with Crippen LogP contribution in [0.15, 0.2) is 65.5 Å². The van der Waals surface area contributed by atoms with Crippen molar-refractivity contribution in [3.8, 4) is 10.4 Å². The molecule has 1 aliphatic rings. The fraction of sp³-hybridized carbons (Fsp3) is 0.105. The average Bonchev–Trinajstić information content (AvgIpc) is 3.43. The highest BCUT2D eigenvalue weighted by atomic mass is 32.2. The molecule has 8 heteroatoms. The van der Waals surface area contributed by atoms with Gasteiger partial charge < -0.3 is 4.42 Å². The summed E-state index contributed by atoms with van der Waals surface area (Å²) in [4.78, 5) is 22.3. The number of fused-ring (bicyclic) bond motifs is 1. The fourth-order valence-corrected chi connectivity index (χ4v) is 5.09. The molecule has 0 saturated carbocycles. The Balaban J connectivity index is 1.51. The van der Waals surface area contributed by atoms with Gasteiger partial charge in [-0.05, 0) is 23.8 Å². The Morgan fingerprint density at radius 2 is 2.04 bits per heavy atom. The Morgan fingerprint density at radius 1 is 1.15 bits per heavy atom. The molecular weight excluding hydrogens is 380 g/mol. The van der Waals surface area contributed by atoms with Crippen molar-refractivity contribution in [2.24, 2.45) is 0 Å². The Hall–Kier alpha value is -2.84. The second-order valence-electron chi connectivity index (χ2n) is 5.97. The topological polar surface area (TPSA) is 71.3 Å². The maximum atomic E-state index is 12.4. The number of furan rings is 1. The van der Waals surface area contributed by atoms with E-state index in [1.807, 2.05) is 36.4 Å². The van der Waals surface area contributed by atoms with Gasteiger partial charge in [0.15, 0.2) is 11.2 Å². The smallest absolute Gasteiger partial charge is 0.252 e. The van der Waals surface area contributed by atoms with Crippen LogP contribution >= 0.6 is 23.1 Å². The minimum absolute atomic E-state index is 0.00648. The first-order valence-corrected chi connectivity index (χ1v) is 10.2. The number of hydrogen-bond donors (Lipinski definition) is 1. The highest BCUT2D eigenvalue weighted by molar-refractivity contribution is 8.00. The van der Waals surface area contributed by atoms with Crippen molar-refractivity contribution in [3.63, 3.8) is 0 Å². The van der Waals surface area contributed by atoms with Crippen molar-refractivity contribution in [3.05, 3.63) is 66.9 Å². The van der Waals surface area contributed by atoms with Crippen molar-refractivity contribution in [1.82, 2.24) is 15.0 Å². The van der Waals surface area contributed by atoms with Gasteiger partial charge in [-0.15, -0.1) is 23.1 Å². The molecule has 0 bridgehead atoms. The van der Waals surface area contributed by atoms with Gasteiger partial charge in [-0.1, -0.05) is 30.3 Å². The summed E-state index contributed by atoms with van der Waals surface area (Å²) in [5.41, 5.74) is 5.18. The Kier molecular flexibility index (Phi) is 4.06. The van der Waals surface area contributed by atoms with E-state index in [-0.39, 0.29) is 11.3 Å². The van der Waals surface area contributed by atoms with Crippen molar-refractivity contribution in [1.29, 1.82) is 0 Å². The second-order valence-corrected chi connectivity index (χ2v) is 8.09. The van der Waals surface area contributed by atoms with Crippen molar-refractivity contribution < 1.29 is 9.21 Å². The molecule has 1 atom stereocenters. The minimum Gasteiger partial charge on any atom is -0.466 e. The molecule has 0 aliphatic carbocycles. The summed E-state index contributed by atoms with van der Waals surface area (Å²) in [6.45, 7) is 0. The first-order chi connectivity index (χ1) is 13.3. The highest BCUT2D eigenvalue weighted by Crippen LogP contribution is 2.40. The number of thiophene rings is 1. The van der Waals surface area contributed by atoms with Crippen LogP contribution in [-0.4, -0.2) is 26.6 Å². The number of benzene rings is 1. The molecular formula is C19H14N4O2S2. The molecule has 1 aromatic carbocycles. The molecule has 3 aromatic heterocycles. The third-order valence-corrected chi connectivity index (χ3v) is 6.60. The van der Waals surface area contributed by atoms with E-state index in [1.54, 1.807) is 22.6 Å². The van der Waals surface area contributed by atoms with Gasteiger partial charge in [-0.25, -0.2) is 15.0 Å². The Bertz CT molecular complexity index is 1100. The zero-order valence-corrected chi connectivity index (χ0v) is 15.7. The van der Waals surface area contributed by atoms with Crippen LogP contribution in [0.5, 0.6) is 0 Å². The number of rotatable bonds is 4. The van der Waals surface area contributed by atoms with E-state index in [2.05, 4.69) is 27.5 Å². The number of amides is 1. The zero-order valence-electron chi connectivity index (χ0n) is 14.0. The predicted molar refractivity (Wildman–Crippen MR) is 107 cm³/mol. The molecule has 0 radical (unpaired) electrons. The highest BCUT2D eigenvalue weighted by Gasteiger charge is 2.35. The molecule has 1 N–H and O–H groups in total. The van der Waals surface area contributed by atoms with Gasteiger partial charge >= 0.3 is 0 Å². The third kappa shape index (κ3) is 2.96. The zero-order chi connectivity index (χ0) is 18.2. The molecule has 1 amide bonds. The fourth-order valence-electron chi connectivity index (χ4n) is 2.98. The van der Waals surface area contributed by atoms with E-state index in [1.165, 1.54) is 18.1 Å². The monoisotopic (exact) mass is 394 g/mol. The molecule has 4 heterocycles. The van der Waals surface area contributed by atoms with Gasteiger partial charge in [-0.2, -0.15) is 0 Å². The number of thioether (sulfide) groups is 1. The number of carbonyl (C=O) groups is 1. The third-order valence-electron chi connectivity index (χ3n) is 4.25. The summed E-state index contributed by atoms with van der Waals surface area (Å²) in [7, 11) is 0. The molecule has 5 rings (SSSR count). The van der Waals surface area contributed by atoms with Gasteiger partial charge in [0.25, 0.3) is 5.91 Å².